The average molecular weight is 315 g/mol. The Kier molecular flexibility index (Phi) is 3.70. The number of fused-ring (bicyclic) bond motifs is 1. The van der Waals surface area contributed by atoms with Crippen molar-refractivity contribution in [1.82, 2.24) is 15.0 Å². The number of aromatic nitrogens is 2. The van der Waals surface area contributed by atoms with Crippen LogP contribution in [0.1, 0.15) is 39.8 Å². The number of thiazole rings is 1. The van der Waals surface area contributed by atoms with Crippen molar-refractivity contribution in [2.45, 2.75) is 26.8 Å². The zero-order chi connectivity index (χ0) is 15.9. The molecule has 1 aromatic carbocycles. The second-order valence-electron chi connectivity index (χ2n) is 5.31. The van der Waals surface area contributed by atoms with Crippen molar-refractivity contribution in [3.8, 4) is 0 Å². The van der Waals surface area contributed by atoms with Gasteiger partial charge in [0, 0.05) is 7.05 Å². The summed E-state index contributed by atoms with van der Waals surface area (Å²) in [4.78, 5) is 19.0. The smallest absolute Gasteiger partial charge is 0.259 e. The second kappa shape index (κ2) is 5.53. The molecule has 114 valence electrons. The molecule has 1 unspecified atom stereocenters. The summed E-state index contributed by atoms with van der Waals surface area (Å²) in [6, 6.07) is 7.87. The molecule has 1 atom stereocenters. The summed E-state index contributed by atoms with van der Waals surface area (Å²) in [6.45, 7) is 5.51. The van der Waals surface area contributed by atoms with Gasteiger partial charge in [-0.2, -0.15) is 0 Å². The fraction of sp³-hybridized carbons (Fsp3) is 0.312. The molecule has 0 fully saturated rings. The Morgan fingerprint density at radius 3 is 2.68 bits per heavy atom. The van der Waals surface area contributed by atoms with Gasteiger partial charge in [0.1, 0.15) is 16.3 Å². The molecule has 0 N–H and O–H groups in total. The SMILES string of the molecule is Cc1noc(C)c1C(=O)N(C)C(C)c1nc2ccccc2s1. The zero-order valence-electron chi connectivity index (χ0n) is 13.0. The van der Waals surface area contributed by atoms with Crippen LogP contribution in [0.5, 0.6) is 0 Å². The minimum atomic E-state index is -0.112. The Morgan fingerprint density at radius 1 is 1.32 bits per heavy atom. The third-order valence-electron chi connectivity index (χ3n) is 3.82. The first-order valence-electron chi connectivity index (χ1n) is 7.04. The van der Waals surface area contributed by atoms with Gasteiger partial charge < -0.3 is 9.42 Å². The number of hydrogen-bond acceptors (Lipinski definition) is 5. The lowest BCUT2D eigenvalue weighted by Gasteiger charge is -2.23. The number of nitrogens with zero attached hydrogens (tertiary/aromatic N) is 3. The first kappa shape index (κ1) is 14.7. The number of aryl methyl sites for hydroxylation is 2. The molecule has 0 bridgehead atoms. The van der Waals surface area contributed by atoms with Gasteiger partial charge >= 0.3 is 0 Å². The molecule has 0 aliphatic carbocycles. The van der Waals surface area contributed by atoms with Crippen LogP contribution in [0, 0.1) is 13.8 Å². The molecule has 0 aliphatic rings. The molecule has 0 saturated heterocycles. The molecule has 1 amide bonds. The Balaban J connectivity index is 1.91. The maximum atomic E-state index is 12.7. The molecule has 0 saturated carbocycles. The van der Waals surface area contributed by atoms with Crippen LogP contribution in [-0.2, 0) is 0 Å². The molecule has 0 spiro atoms. The predicted octanol–water partition coefficient (Wildman–Crippen LogP) is 3.73. The third kappa shape index (κ3) is 2.39. The van der Waals surface area contributed by atoms with E-state index < -0.39 is 0 Å². The summed E-state index contributed by atoms with van der Waals surface area (Å²) in [5.74, 6) is 0.453. The van der Waals surface area contributed by atoms with E-state index in [1.54, 1.807) is 37.1 Å². The van der Waals surface area contributed by atoms with Crippen LogP contribution >= 0.6 is 11.3 Å². The maximum absolute atomic E-state index is 12.7. The van der Waals surface area contributed by atoms with E-state index in [2.05, 4.69) is 10.1 Å². The van der Waals surface area contributed by atoms with Crippen molar-refractivity contribution in [2.24, 2.45) is 0 Å². The quantitative estimate of drug-likeness (QED) is 0.739. The maximum Gasteiger partial charge on any atom is 0.259 e. The lowest BCUT2D eigenvalue weighted by Crippen LogP contribution is -2.30. The Morgan fingerprint density at radius 2 is 2.05 bits per heavy atom. The van der Waals surface area contributed by atoms with E-state index in [1.807, 2.05) is 31.2 Å². The van der Waals surface area contributed by atoms with E-state index in [1.165, 1.54) is 0 Å². The standard InChI is InChI=1S/C16H17N3O2S/c1-9-14(11(3)21-18-9)16(20)19(4)10(2)15-17-12-7-5-6-8-13(12)22-15/h5-8,10H,1-4H3. The van der Waals surface area contributed by atoms with E-state index in [0.717, 1.165) is 15.2 Å². The van der Waals surface area contributed by atoms with E-state index in [0.29, 0.717) is 17.0 Å². The Labute approximate surface area is 132 Å². The molecule has 0 aliphatic heterocycles. The van der Waals surface area contributed by atoms with Crippen LogP contribution in [0.25, 0.3) is 10.2 Å². The van der Waals surface area contributed by atoms with Gasteiger partial charge in [0.05, 0.1) is 22.0 Å². The number of carbonyl (C=O) groups is 1. The monoisotopic (exact) mass is 315 g/mol. The van der Waals surface area contributed by atoms with Gasteiger partial charge in [-0.05, 0) is 32.9 Å². The fourth-order valence-electron chi connectivity index (χ4n) is 2.37. The lowest BCUT2D eigenvalue weighted by atomic mass is 10.1. The minimum Gasteiger partial charge on any atom is -0.361 e. The highest BCUT2D eigenvalue weighted by Crippen LogP contribution is 2.30. The molecule has 2 heterocycles. The molecule has 2 aromatic heterocycles. The number of amides is 1. The van der Waals surface area contributed by atoms with Gasteiger partial charge in [-0.1, -0.05) is 17.3 Å². The van der Waals surface area contributed by atoms with Crippen molar-refractivity contribution in [3.63, 3.8) is 0 Å². The lowest BCUT2D eigenvalue weighted by molar-refractivity contribution is 0.0740. The predicted molar refractivity (Wildman–Crippen MR) is 86.1 cm³/mol. The first-order valence-corrected chi connectivity index (χ1v) is 7.86. The number of hydrogen-bond donors (Lipinski definition) is 0. The molecule has 3 aromatic rings. The third-order valence-corrected chi connectivity index (χ3v) is 5.02. The fourth-order valence-corrected chi connectivity index (χ4v) is 3.44. The Hall–Kier alpha value is -2.21. The zero-order valence-corrected chi connectivity index (χ0v) is 13.8. The molecule has 3 rings (SSSR count). The van der Waals surface area contributed by atoms with Crippen LogP contribution in [0.4, 0.5) is 0 Å². The second-order valence-corrected chi connectivity index (χ2v) is 6.37. The highest BCUT2D eigenvalue weighted by atomic mass is 32.1. The van der Waals surface area contributed by atoms with Crippen LogP contribution in [-0.4, -0.2) is 28.0 Å². The van der Waals surface area contributed by atoms with Gasteiger partial charge in [-0.15, -0.1) is 11.3 Å². The number of rotatable bonds is 3. The van der Waals surface area contributed by atoms with Crippen molar-refractivity contribution in [2.75, 3.05) is 7.05 Å². The molecule has 22 heavy (non-hydrogen) atoms. The van der Waals surface area contributed by atoms with E-state index >= 15 is 0 Å². The van der Waals surface area contributed by atoms with Crippen molar-refractivity contribution >= 4 is 27.5 Å². The van der Waals surface area contributed by atoms with Crippen molar-refractivity contribution in [3.05, 3.63) is 46.3 Å². The van der Waals surface area contributed by atoms with Gasteiger partial charge in [0.15, 0.2) is 0 Å². The van der Waals surface area contributed by atoms with Gasteiger partial charge in [0.25, 0.3) is 5.91 Å². The number of benzene rings is 1. The van der Waals surface area contributed by atoms with Crippen LogP contribution in [0.3, 0.4) is 0 Å². The highest BCUT2D eigenvalue weighted by Gasteiger charge is 2.26. The molecular formula is C16H17N3O2S. The summed E-state index contributed by atoms with van der Waals surface area (Å²) in [6.07, 6.45) is 0. The van der Waals surface area contributed by atoms with E-state index in [9.17, 15) is 4.79 Å². The highest BCUT2D eigenvalue weighted by molar-refractivity contribution is 7.18. The molecule has 5 nitrogen and oxygen atoms in total. The Bertz CT molecular complexity index is 784. The van der Waals surface area contributed by atoms with Gasteiger partial charge in [0.2, 0.25) is 0 Å². The summed E-state index contributed by atoms with van der Waals surface area (Å²) < 4.78 is 6.22. The first-order chi connectivity index (χ1) is 10.5. The van der Waals surface area contributed by atoms with Gasteiger partial charge in [-0.25, -0.2) is 4.98 Å². The van der Waals surface area contributed by atoms with Crippen LogP contribution in [0.2, 0.25) is 0 Å². The van der Waals surface area contributed by atoms with Crippen LogP contribution in [0.15, 0.2) is 28.8 Å². The normalized spacial score (nSPS) is 12.5. The summed E-state index contributed by atoms with van der Waals surface area (Å²) in [5, 5.41) is 4.77. The largest absolute Gasteiger partial charge is 0.361 e. The average Bonchev–Trinajstić information content (AvgIpc) is 3.08. The van der Waals surface area contributed by atoms with Gasteiger partial charge in [-0.3, -0.25) is 4.79 Å². The number of para-hydroxylation sites is 1. The summed E-state index contributed by atoms with van der Waals surface area (Å²) >= 11 is 1.61. The minimum absolute atomic E-state index is 0.0944. The van der Waals surface area contributed by atoms with Crippen LogP contribution < -0.4 is 0 Å². The topological polar surface area (TPSA) is 59.2 Å². The van der Waals surface area contributed by atoms with Crippen molar-refractivity contribution < 1.29 is 9.32 Å². The van der Waals surface area contributed by atoms with E-state index in [4.69, 9.17) is 4.52 Å². The number of carbonyl (C=O) groups excluding carboxylic acids is 1. The van der Waals surface area contributed by atoms with E-state index in [-0.39, 0.29) is 11.9 Å². The summed E-state index contributed by atoms with van der Waals surface area (Å²) in [5.41, 5.74) is 2.12. The summed E-state index contributed by atoms with van der Waals surface area (Å²) in [7, 11) is 1.78. The van der Waals surface area contributed by atoms with Crippen molar-refractivity contribution in [1.29, 1.82) is 0 Å². The molecule has 0 radical (unpaired) electrons. The molecule has 6 heteroatoms. The molecular weight excluding hydrogens is 298 g/mol.